The van der Waals surface area contributed by atoms with Crippen molar-refractivity contribution in [1.29, 1.82) is 0 Å². The summed E-state index contributed by atoms with van der Waals surface area (Å²) in [7, 11) is 0. The molecule has 5 rings (SSSR count). The lowest BCUT2D eigenvalue weighted by Gasteiger charge is -2.08. The number of thiazole rings is 1. The van der Waals surface area contributed by atoms with Crippen LogP contribution in [0.1, 0.15) is 5.56 Å². The van der Waals surface area contributed by atoms with E-state index in [0.29, 0.717) is 11.5 Å². The third-order valence-corrected chi connectivity index (χ3v) is 5.31. The molecule has 10 heteroatoms. The first kappa shape index (κ1) is 18.1. The van der Waals surface area contributed by atoms with E-state index in [0.717, 1.165) is 21.8 Å². The van der Waals surface area contributed by atoms with Crippen LogP contribution in [0.5, 0.6) is 0 Å². The summed E-state index contributed by atoms with van der Waals surface area (Å²) in [6.45, 7) is 0. The smallest absolute Gasteiger partial charge is 0.229 e. The van der Waals surface area contributed by atoms with Crippen LogP contribution in [-0.4, -0.2) is 35.5 Å². The molecule has 0 spiro atoms. The number of hydrogen-bond acceptors (Lipinski definition) is 6. The molecule has 3 heterocycles. The highest BCUT2D eigenvalue weighted by Gasteiger charge is 2.17. The summed E-state index contributed by atoms with van der Waals surface area (Å²) in [6.07, 6.45) is 3.54. The molecular weight excluding hydrogens is 405 g/mol. The van der Waals surface area contributed by atoms with Gasteiger partial charge in [-0.3, -0.25) is 9.20 Å². The van der Waals surface area contributed by atoms with E-state index in [-0.39, 0.29) is 18.1 Å². The highest BCUT2D eigenvalue weighted by molar-refractivity contribution is 7.15. The van der Waals surface area contributed by atoms with Gasteiger partial charge in [0.25, 0.3) is 0 Å². The molecule has 1 N–H and O–H groups in total. The normalized spacial score (nSPS) is 11.1. The summed E-state index contributed by atoms with van der Waals surface area (Å²) in [5, 5.41) is 15.9. The number of halogens is 1. The lowest BCUT2D eigenvalue weighted by molar-refractivity contribution is -0.115. The first-order valence-electron chi connectivity index (χ1n) is 9.01. The van der Waals surface area contributed by atoms with E-state index in [4.69, 9.17) is 0 Å². The third kappa shape index (κ3) is 3.44. The number of anilines is 1. The van der Waals surface area contributed by atoms with Gasteiger partial charge in [-0.25, -0.2) is 14.1 Å². The molecule has 0 aliphatic heterocycles. The molecule has 2 aromatic carbocycles. The summed E-state index contributed by atoms with van der Waals surface area (Å²) in [5.74, 6) is 0.0604. The molecule has 8 nitrogen and oxygen atoms in total. The van der Waals surface area contributed by atoms with Gasteiger partial charge in [-0.15, -0.1) is 16.4 Å². The van der Waals surface area contributed by atoms with Crippen molar-refractivity contribution in [2.24, 2.45) is 0 Å². The van der Waals surface area contributed by atoms with Crippen LogP contribution in [0.15, 0.2) is 66.4 Å². The Bertz CT molecular complexity index is 1310. The molecule has 0 fully saturated rings. The number of imidazole rings is 1. The number of tetrazole rings is 1. The van der Waals surface area contributed by atoms with Gasteiger partial charge in [-0.2, -0.15) is 0 Å². The lowest BCUT2D eigenvalue weighted by Crippen LogP contribution is -2.16. The molecule has 0 bridgehead atoms. The van der Waals surface area contributed by atoms with Crippen LogP contribution in [0.2, 0.25) is 0 Å². The summed E-state index contributed by atoms with van der Waals surface area (Å²) in [4.78, 5) is 18.1. The zero-order valence-electron chi connectivity index (χ0n) is 15.4. The number of aromatic nitrogens is 6. The lowest BCUT2D eigenvalue weighted by atomic mass is 10.1. The van der Waals surface area contributed by atoms with Crippen LogP contribution < -0.4 is 5.32 Å². The Morgan fingerprint density at radius 1 is 1.10 bits per heavy atom. The van der Waals surface area contributed by atoms with Crippen molar-refractivity contribution in [3.63, 3.8) is 0 Å². The minimum absolute atomic E-state index is 0.179. The molecule has 1 amide bonds. The van der Waals surface area contributed by atoms with Crippen molar-refractivity contribution < 1.29 is 9.18 Å². The average molecular weight is 419 g/mol. The Labute approximate surface area is 173 Å². The highest BCUT2D eigenvalue weighted by atomic mass is 32.1. The fraction of sp³-hybridized carbons (Fsp3) is 0.0500. The molecule has 0 saturated carbocycles. The molecule has 0 aliphatic carbocycles. The topological polar surface area (TPSA) is 90.0 Å². The molecule has 5 aromatic rings. The Morgan fingerprint density at radius 3 is 2.63 bits per heavy atom. The van der Waals surface area contributed by atoms with E-state index in [1.807, 2.05) is 40.2 Å². The summed E-state index contributed by atoms with van der Waals surface area (Å²) in [5.41, 5.74) is 2.98. The van der Waals surface area contributed by atoms with Crippen LogP contribution >= 0.6 is 11.3 Å². The van der Waals surface area contributed by atoms with Gasteiger partial charge in [-0.05, 0) is 52.4 Å². The van der Waals surface area contributed by atoms with Gasteiger partial charge in [0.1, 0.15) is 23.7 Å². The van der Waals surface area contributed by atoms with E-state index in [2.05, 4.69) is 25.8 Å². The molecule has 0 aliphatic rings. The second-order valence-electron chi connectivity index (χ2n) is 6.52. The number of benzene rings is 2. The Morgan fingerprint density at radius 2 is 1.90 bits per heavy atom. The first-order chi connectivity index (χ1) is 14.7. The monoisotopic (exact) mass is 419 g/mol. The maximum Gasteiger partial charge on any atom is 0.229 e. The molecule has 0 saturated heterocycles. The number of carbonyl (C=O) groups is 1. The molecule has 3 aromatic heterocycles. The highest BCUT2D eigenvalue weighted by Crippen LogP contribution is 2.31. The molecule has 148 valence electrons. The van der Waals surface area contributed by atoms with E-state index >= 15 is 0 Å². The minimum Gasteiger partial charge on any atom is -0.310 e. The van der Waals surface area contributed by atoms with Crippen molar-refractivity contribution in [3.05, 3.63) is 77.8 Å². The Hall–Kier alpha value is -3.92. The molecule has 0 atom stereocenters. The summed E-state index contributed by atoms with van der Waals surface area (Å²) in [6, 6.07) is 13.4. The third-order valence-electron chi connectivity index (χ3n) is 4.55. The van der Waals surface area contributed by atoms with E-state index < -0.39 is 0 Å². The zero-order chi connectivity index (χ0) is 20.5. The van der Waals surface area contributed by atoms with E-state index in [9.17, 15) is 9.18 Å². The van der Waals surface area contributed by atoms with Crippen molar-refractivity contribution in [3.8, 4) is 16.9 Å². The molecule has 0 radical (unpaired) electrons. The van der Waals surface area contributed by atoms with Crippen molar-refractivity contribution in [2.45, 2.75) is 6.42 Å². The van der Waals surface area contributed by atoms with Gasteiger partial charge >= 0.3 is 0 Å². The molecule has 0 unspecified atom stereocenters. The second-order valence-corrected chi connectivity index (χ2v) is 7.39. The van der Waals surface area contributed by atoms with Crippen molar-refractivity contribution >= 4 is 28.0 Å². The van der Waals surface area contributed by atoms with Gasteiger partial charge in [-0.1, -0.05) is 12.1 Å². The van der Waals surface area contributed by atoms with Gasteiger partial charge in [0.15, 0.2) is 4.96 Å². The SMILES string of the molecule is O=C(Cc1ccc(-n2cnnn2)cc1)Nc1c(-c2ccc(F)cc2)nc2sccn12. The van der Waals surface area contributed by atoms with Crippen LogP contribution in [0.25, 0.3) is 21.9 Å². The summed E-state index contributed by atoms with van der Waals surface area (Å²) < 4.78 is 16.7. The van der Waals surface area contributed by atoms with Crippen molar-refractivity contribution in [2.75, 3.05) is 5.32 Å². The number of carbonyl (C=O) groups excluding carboxylic acids is 1. The number of nitrogens with zero attached hydrogens (tertiary/aromatic N) is 6. The predicted molar refractivity (Wildman–Crippen MR) is 110 cm³/mol. The molecular formula is C20H14FN7OS. The minimum atomic E-state index is -0.324. The largest absolute Gasteiger partial charge is 0.310 e. The predicted octanol–water partition coefficient (Wildman–Crippen LogP) is 3.36. The van der Waals surface area contributed by atoms with E-state index in [1.54, 1.807) is 16.8 Å². The average Bonchev–Trinajstić information content (AvgIpc) is 3.48. The number of fused-ring (bicyclic) bond motifs is 1. The number of rotatable bonds is 5. The van der Waals surface area contributed by atoms with E-state index in [1.165, 1.54) is 29.8 Å². The summed E-state index contributed by atoms with van der Waals surface area (Å²) >= 11 is 1.46. The van der Waals surface area contributed by atoms with Crippen LogP contribution in [0.3, 0.4) is 0 Å². The first-order valence-corrected chi connectivity index (χ1v) is 9.89. The number of amides is 1. The van der Waals surface area contributed by atoms with Crippen molar-refractivity contribution in [1.82, 2.24) is 29.6 Å². The Balaban J connectivity index is 1.38. The van der Waals surface area contributed by atoms with Crippen LogP contribution in [-0.2, 0) is 11.2 Å². The van der Waals surface area contributed by atoms with Gasteiger partial charge in [0.05, 0.1) is 12.1 Å². The molecule has 30 heavy (non-hydrogen) atoms. The fourth-order valence-electron chi connectivity index (χ4n) is 3.12. The maximum absolute atomic E-state index is 13.3. The Kier molecular flexibility index (Phi) is 4.52. The second kappa shape index (κ2) is 7.48. The maximum atomic E-state index is 13.3. The quantitative estimate of drug-likeness (QED) is 0.472. The van der Waals surface area contributed by atoms with Gasteiger partial charge < -0.3 is 5.32 Å². The standard InChI is InChI=1S/C20H14FN7OS/c21-15-5-3-14(4-6-15)18-19(27-9-10-30-20(27)24-18)23-17(29)11-13-1-7-16(8-2-13)28-12-22-25-26-28/h1-10,12H,11H2,(H,23,29). The van der Waals surface area contributed by atoms with Gasteiger partial charge in [0, 0.05) is 17.1 Å². The van der Waals surface area contributed by atoms with Gasteiger partial charge in [0.2, 0.25) is 5.91 Å². The fourth-order valence-corrected chi connectivity index (χ4v) is 3.84. The number of nitrogens with one attached hydrogen (secondary N) is 1. The van der Waals surface area contributed by atoms with Crippen LogP contribution in [0.4, 0.5) is 10.2 Å². The van der Waals surface area contributed by atoms with Crippen LogP contribution in [0, 0.1) is 5.82 Å². The zero-order valence-corrected chi connectivity index (χ0v) is 16.3. The number of hydrogen-bond donors (Lipinski definition) is 1.